The normalized spacial score (nSPS) is 25.6. The van der Waals surface area contributed by atoms with Crippen molar-refractivity contribution in [2.45, 2.75) is 19.4 Å². The molecule has 2 heteroatoms. The predicted molar refractivity (Wildman–Crippen MR) is 37.7 cm³/mol. The Hall–Kier alpha value is -0.790. The fourth-order valence-corrected chi connectivity index (χ4v) is 0.737. The smallest absolute Gasteiger partial charge is 0.132 e. The number of hydrogen-bond donors (Lipinski definition) is 0. The first-order valence-corrected chi connectivity index (χ1v) is 3.10. The molecule has 0 unspecified atom stereocenters. The summed E-state index contributed by atoms with van der Waals surface area (Å²) in [4.78, 5) is 4.16. The van der Waals surface area contributed by atoms with Crippen LogP contribution >= 0.6 is 0 Å². The van der Waals surface area contributed by atoms with Crippen LogP contribution in [-0.4, -0.2) is 19.4 Å². The number of aliphatic imine (C=N–C) groups is 1. The highest BCUT2D eigenvalue weighted by Gasteiger charge is 2.02. The van der Waals surface area contributed by atoms with Gasteiger partial charge in [0, 0.05) is 0 Å². The molecule has 0 bridgehead atoms. The van der Waals surface area contributed by atoms with Gasteiger partial charge in [-0.1, -0.05) is 0 Å². The van der Waals surface area contributed by atoms with Crippen molar-refractivity contribution >= 4 is 6.21 Å². The van der Waals surface area contributed by atoms with E-state index in [0.29, 0.717) is 6.04 Å². The number of ether oxygens (including phenoxy) is 1. The van der Waals surface area contributed by atoms with Crippen LogP contribution in [0.25, 0.3) is 0 Å². The molecule has 0 fully saturated rings. The Morgan fingerprint density at radius 1 is 1.78 bits per heavy atom. The van der Waals surface area contributed by atoms with E-state index < -0.39 is 0 Å². The average Bonchev–Trinajstić information content (AvgIpc) is 1.90. The molecule has 0 radical (unpaired) electrons. The van der Waals surface area contributed by atoms with Gasteiger partial charge in [0.15, 0.2) is 0 Å². The summed E-state index contributed by atoms with van der Waals surface area (Å²) in [6.45, 7) is 2.08. The van der Waals surface area contributed by atoms with Gasteiger partial charge in [-0.05, 0) is 19.4 Å². The third-order valence-electron chi connectivity index (χ3n) is 1.35. The second-order valence-electron chi connectivity index (χ2n) is 2.17. The fourth-order valence-electron chi connectivity index (χ4n) is 0.737. The maximum atomic E-state index is 4.95. The number of rotatable bonds is 1. The van der Waals surface area contributed by atoms with Crippen molar-refractivity contribution in [2.24, 2.45) is 4.99 Å². The van der Waals surface area contributed by atoms with Gasteiger partial charge in [0.1, 0.15) is 5.76 Å². The SMILES string of the molecule is COC1=CC[C@H](C)N=C1. The molecule has 1 heterocycles. The first-order valence-electron chi connectivity index (χ1n) is 3.10. The summed E-state index contributed by atoms with van der Waals surface area (Å²) in [6, 6.07) is 0.434. The minimum absolute atomic E-state index is 0.434. The number of nitrogens with zero attached hydrogens (tertiary/aromatic N) is 1. The van der Waals surface area contributed by atoms with Crippen LogP contribution in [0, 0.1) is 0 Å². The molecule has 1 rings (SSSR count). The lowest BCUT2D eigenvalue weighted by atomic mass is 10.2. The molecule has 0 aromatic heterocycles. The number of hydrogen-bond acceptors (Lipinski definition) is 2. The van der Waals surface area contributed by atoms with E-state index in [-0.39, 0.29) is 0 Å². The zero-order valence-corrected chi connectivity index (χ0v) is 5.79. The van der Waals surface area contributed by atoms with Gasteiger partial charge in [-0.2, -0.15) is 0 Å². The van der Waals surface area contributed by atoms with Gasteiger partial charge in [-0.15, -0.1) is 0 Å². The van der Waals surface area contributed by atoms with Gasteiger partial charge in [0.2, 0.25) is 0 Å². The summed E-state index contributed by atoms with van der Waals surface area (Å²) in [5, 5.41) is 0. The Labute approximate surface area is 55.2 Å². The first kappa shape index (κ1) is 6.33. The van der Waals surface area contributed by atoms with Crippen molar-refractivity contribution in [1.29, 1.82) is 0 Å². The lowest BCUT2D eigenvalue weighted by Crippen LogP contribution is -2.04. The molecule has 1 atom stereocenters. The molecule has 0 saturated carbocycles. The van der Waals surface area contributed by atoms with Crippen LogP contribution in [0.15, 0.2) is 16.8 Å². The zero-order chi connectivity index (χ0) is 6.69. The van der Waals surface area contributed by atoms with Crippen LogP contribution in [-0.2, 0) is 4.74 Å². The lowest BCUT2D eigenvalue weighted by molar-refractivity contribution is 0.313. The van der Waals surface area contributed by atoms with Crippen LogP contribution in [0.3, 0.4) is 0 Å². The number of dihydropyridines is 1. The molecule has 0 N–H and O–H groups in total. The van der Waals surface area contributed by atoms with E-state index in [1.807, 2.05) is 0 Å². The Morgan fingerprint density at radius 3 is 3.00 bits per heavy atom. The highest BCUT2D eigenvalue weighted by molar-refractivity contribution is 5.76. The lowest BCUT2D eigenvalue weighted by Gasteiger charge is -2.09. The summed E-state index contributed by atoms with van der Waals surface area (Å²) in [7, 11) is 1.66. The Morgan fingerprint density at radius 2 is 2.56 bits per heavy atom. The van der Waals surface area contributed by atoms with Gasteiger partial charge in [-0.25, -0.2) is 0 Å². The zero-order valence-electron chi connectivity index (χ0n) is 5.79. The Bertz CT molecular complexity index is 149. The monoisotopic (exact) mass is 125 g/mol. The summed E-state index contributed by atoms with van der Waals surface area (Å²) >= 11 is 0. The molecule has 0 saturated heterocycles. The van der Waals surface area contributed by atoms with Crippen LogP contribution in [0.5, 0.6) is 0 Å². The van der Waals surface area contributed by atoms with E-state index in [9.17, 15) is 0 Å². The molecule has 0 spiro atoms. The van der Waals surface area contributed by atoms with E-state index in [0.717, 1.165) is 12.2 Å². The van der Waals surface area contributed by atoms with Crippen molar-refractivity contribution in [3.63, 3.8) is 0 Å². The largest absolute Gasteiger partial charge is 0.496 e. The third-order valence-corrected chi connectivity index (χ3v) is 1.35. The van der Waals surface area contributed by atoms with Gasteiger partial charge in [0.05, 0.1) is 19.4 Å². The van der Waals surface area contributed by atoms with E-state index >= 15 is 0 Å². The maximum Gasteiger partial charge on any atom is 0.132 e. The molecule has 2 nitrogen and oxygen atoms in total. The molecule has 1 aliphatic heterocycles. The second kappa shape index (κ2) is 2.67. The van der Waals surface area contributed by atoms with E-state index in [1.165, 1.54) is 0 Å². The minimum Gasteiger partial charge on any atom is -0.496 e. The maximum absolute atomic E-state index is 4.95. The highest BCUT2D eigenvalue weighted by Crippen LogP contribution is 2.07. The summed E-state index contributed by atoms with van der Waals surface area (Å²) in [5.41, 5.74) is 0. The van der Waals surface area contributed by atoms with Crippen LogP contribution in [0.1, 0.15) is 13.3 Å². The molecule has 0 amide bonds. The molecule has 1 aliphatic rings. The number of methoxy groups -OCH3 is 1. The van der Waals surface area contributed by atoms with Crippen LogP contribution in [0.2, 0.25) is 0 Å². The Balaban J connectivity index is 2.52. The van der Waals surface area contributed by atoms with Crippen molar-refractivity contribution in [1.82, 2.24) is 0 Å². The minimum atomic E-state index is 0.434. The van der Waals surface area contributed by atoms with E-state index in [2.05, 4.69) is 18.0 Å². The fraction of sp³-hybridized carbons (Fsp3) is 0.571. The van der Waals surface area contributed by atoms with E-state index in [1.54, 1.807) is 13.3 Å². The van der Waals surface area contributed by atoms with Crippen molar-refractivity contribution in [3.05, 3.63) is 11.8 Å². The van der Waals surface area contributed by atoms with Gasteiger partial charge in [-0.3, -0.25) is 4.99 Å². The van der Waals surface area contributed by atoms with Crippen molar-refractivity contribution < 1.29 is 4.74 Å². The topological polar surface area (TPSA) is 21.6 Å². The first-order chi connectivity index (χ1) is 4.33. The molecular formula is C7H11NO. The van der Waals surface area contributed by atoms with Gasteiger partial charge < -0.3 is 4.74 Å². The van der Waals surface area contributed by atoms with E-state index in [4.69, 9.17) is 4.74 Å². The molecule has 9 heavy (non-hydrogen) atoms. The van der Waals surface area contributed by atoms with Crippen LogP contribution in [0.4, 0.5) is 0 Å². The molecule has 0 aromatic rings. The second-order valence-corrected chi connectivity index (χ2v) is 2.17. The average molecular weight is 125 g/mol. The Kier molecular flexibility index (Phi) is 1.88. The van der Waals surface area contributed by atoms with Gasteiger partial charge in [0.25, 0.3) is 0 Å². The molecule has 50 valence electrons. The van der Waals surface area contributed by atoms with Crippen molar-refractivity contribution in [3.8, 4) is 0 Å². The van der Waals surface area contributed by atoms with Gasteiger partial charge >= 0.3 is 0 Å². The predicted octanol–water partition coefficient (Wildman–Crippen LogP) is 1.38. The van der Waals surface area contributed by atoms with Crippen molar-refractivity contribution in [2.75, 3.05) is 7.11 Å². The highest BCUT2D eigenvalue weighted by atomic mass is 16.5. The molecule has 0 aromatic carbocycles. The molecular weight excluding hydrogens is 114 g/mol. The van der Waals surface area contributed by atoms with Crippen LogP contribution < -0.4 is 0 Å². The quantitative estimate of drug-likeness (QED) is 0.518. The summed E-state index contributed by atoms with van der Waals surface area (Å²) in [5.74, 6) is 0.883. The molecule has 0 aliphatic carbocycles. The summed E-state index contributed by atoms with van der Waals surface area (Å²) in [6.07, 6.45) is 4.82. The third kappa shape index (κ3) is 1.56. The standard InChI is InChI=1S/C7H11NO/c1-6-3-4-7(9-2)5-8-6/h4-6H,3H2,1-2H3/t6-/m0/s1. The summed E-state index contributed by atoms with van der Waals surface area (Å²) < 4.78 is 4.95. The number of allylic oxidation sites excluding steroid dienone is 1.